The first kappa shape index (κ1) is 16.4. The third-order valence-corrected chi connectivity index (χ3v) is 4.04. The van der Waals surface area contributed by atoms with Gasteiger partial charge in [-0.1, -0.05) is 0 Å². The third kappa shape index (κ3) is 4.26. The Morgan fingerprint density at radius 1 is 1.41 bits per heavy atom. The maximum Gasteiger partial charge on any atom is 0.220 e. The maximum atomic E-state index is 11.6. The molecule has 0 aliphatic carbocycles. The number of nitrogens with zero attached hydrogens (tertiary/aromatic N) is 3. The highest BCUT2D eigenvalue weighted by molar-refractivity contribution is 5.75. The lowest BCUT2D eigenvalue weighted by Gasteiger charge is -2.31. The van der Waals surface area contributed by atoms with Crippen molar-refractivity contribution in [2.45, 2.75) is 45.4 Å². The Bertz CT molecular complexity index is 559. The van der Waals surface area contributed by atoms with E-state index >= 15 is 0 Å². The Kier molecular flexibility index (Phi) is 5.46. The summed E-state index contributed by atoms with van der Waals surface area (Å²) in [5.41, 5.74) is 1.81. The number of hydrogen-bond donors (Lipinski definition) is 1. The predicted molar refractivity (Wildman–Crippen MR) is 83.4 cm³/mol. The number of piperidine rings is 1. The molecule has 1 fully saturated rings. The highest BCUT2D eigenvalue weighted by Gasteiger charge is 2.25. The number of nitrogens with one attached hydrogen (secondary N) is 1. The van der Waals surface area contributed by atoms with Gasteiger partial charge >= 0.3 is 0 Å². The van der Waals surface area contributed by atoms with Gasteiger partial charge < -0.3 is 10.2 Å². The second kappa shape index (κ2) is 7.33. The summed E-state index contributed by atoms with van der Waals surface area (Å²) in [5, 5.41) is 2.62. The quantitative estimate of drug-likeness (QED) is 0.906. The molecule has 1 saturated heterocycles. The van der Waals surface area contributed by atoms with Gasteiger partial charge in [-0.25, -0.2) is 9.97 Å². The van der Waals surface area contributed by atoms with E-state index in [0.29, 0.717) is 19.4 Å². The number of likely N-dealkylation sites (tertiary alicyclic amines) is 1. The van der Waals surface area contributed by atoms with Crippen molar-refractivity contribution < 1.29 is 9.59 Å². The molecule has 2 heterocycles. The molecule has 120 valence electrons. The zero-order valence-corrected chi connectivity index (χ0v) is 13.6. The van der Waals surface area contributed by atoms with E-state index in [1.165, 1.54) is 0 Å². The van der Waals surface area contributed by atoms with Gasteiger partial charge in [0.15, 0.2) is 0 Å². The molecular weight excluding hydrogens is 280 g/mol. The zero-order chi connectivity index (χ0) is 16.1. The smallest absolute Gasteiger partial charge is 0.220 e. The summed E-state index contributed by atoms with van der Waals surface area (Å²) in [6.07, 6.45) is 3.02. The summed E-state index contributed by atoms with van der Waals surface area (Å²) in [7, 11) is 1.64. The van der Waals surface area contributed by atoms with Crippen molar-refractivity contribution in [3.8, 4) is 0 Å². The minimum Gasteiger partial charge on any atom is -0.359 e. The molecule has 0 saturated carbocycles. The molecule has 0 radical (unpaired) electrons. The minimum absolute atomic E-state index is 0.0123. The van der Waals surface area contributed by atoms with E-state index in [4.69, 9.17) is 0 Å². The predicted octanol–water partition coefficient (Wildman–Crippen LogP) is 1.19. The number of carbonyl (C=O) groups excluding carboxylic acids is 2. The molecular formula is C16H24N4O2. The van der Waals surface area contributed by atoms with Crippen molar-refractivity contribution >= 4 is 11.8 Å². The fourth-order valence-electron chi connectivity index (χ4n) is 2.81. The summed E-state index contributed by atoms with van der Waals surface area (Å²) >= 11 is 0. The van der Waals surface area contributed by atoms with Gasteiger partial charge in [0.05, 0.1) is 0 Å². The highest BCUT2D eigenvalue weighted by Crippen LogP contribution is 2.25. The first-order valence-corrected chi connectivity index (χ1v) is 7.80. The van der Waals surface area contributed by atoms with Crippen LogP contribution in [0.4, 0.5) is 0 Å². The first-order valence-electron chi connectivity index (χ1n) is 7.80. The molecule has 0 unspecified atom stereocenters. The van der Waals surface area contributed by atoms with Crippen LogP contribution < -0.4 is 5.32 Å². The average Bonchev–Trinajstić information content (AvgIpc) is 2.52. The highest BCUT2D eigenvalue weighted by atomic mass is 16.2. The molecule has 0 aromatic carbocycles. The van der Waals surface area contributed by atoms with Crippen molar-refractivity contribution in [3.05, 3.63) is 23.3 Å². The summed E-state index contributed by atoms with van der Waals surface area (Å²) in [4.78, 5) is 34.0. The fraction of sp³-hybridized carbons (Fsp3) is 0.625. The van der Waals surface area contributed by atoms with Crippen molar-refractivity contribution in [3.63, 3.8) is 0 Å². The van der Waals surface area contributed by atoms with Gasteiger partial charge in [-0.2, -0.15) is 0 Å². The Labute approximate surface area is 131 Å². The van der Waals surface area contributed by atoms with E-state index in [0.717, 1.165) is 36.6 Å². The van der Waals surface area contributed by atoms with Crippen LogP contribution in [0, 0.1) is 6.92 Å². The standard InChI is InChI=1S/C16H24N4O2/c1-11-9-14(6-7-15(22)17-3)19-16(18-11)13-5-4-8-20(10-13)12(2)21/h9,13H,4-8,10H2,1-3H3,(H,17,22)/t13-/m0/s1. The van der Waals surface area contributed by atoms with Crippen molar-refractivity contribution in [2.75, 3.05) is 20.1 Å². The van der Waals surface area contributed by atoms with Crippen LogP contribution in [-0.2, 0) is 16.0 Å². The molecule has 6 nitrogen and oxygen atoms in total. The summed E-state index contributed by atoms with van der Waals surface area (Å²) in [6.45, 7) is 5.06. The van der Waals surface area contributed by atoms with Crippen LogP contribution in [0.5, 0.6) is 0 Å². The summed E-state index contributed by atoms with van der Waals surface area (Å²) < 4.78 is 0. The third-order valence-electron chi connectivity index (χ3n) is 4.04. The lowest BCUT2D eigenvalue weighted by atomic mass is 9.96. The SMILES string of the molecule is CNC(=O)CCc1cc(C)nc([C@H]2CCCN(C(C)=O)C2)n1. The molecule has 2 rings (SSSR count). The number of aryl methyl sites for hydroxylation is 2. The number of hydrogen-bond acceptors (Lipinski definition) is 4. The molecule has 1 aromatic heterocycles. The average molecular weight is 304 g/mol. The Morgan fingerprint density at radius 3 is 2.86 bits per heavy atom. The van der Waals surface area contributed by atoms with Crippen LogP contribution in [0.2, 0.25) is 0 Å². The number of carbonyl (C=O) groups is 2. The molecule has 1 aromatic rings. The molecule has 0 bridgehead atoms. The second-order valence-electron chi connectivity index (χ2n) is 5.84. The molecule has 6 heteroatoms. The molecule has 1 atom stereocenters. The number of amides is 2. The molecule has 1 aliphatic heterocycles. The topological polar surface area (TPSA) is 75.2 Å². The minimum atomic E-state index is 0.0123. The number of aromatic nitrogens is 2. The lowest BCUT2D eigenvalue weighted by Crippen LogP contribution is -2.38. The Hall–Kier alpha value is -1.98. The van der Waals surface area contributed by atoms with Crippen LogP contribution in [0.3, 0.4) is 0 Å². The van der Waals surface area contributed by atoms with E-state index in [9.17, 15) is 9.59 Å². The monoisotopic (exact) mass is 304 g/mol. The second-order valence-corrected chi connectivity index (χ2v) is 5.84. The lowest BCUT2D eigenvalue weighted by molar-refractivity contribution is -0.130. The fourth-order valence-corrected chi connectivity index (χ4v) is 2.81. The van der Waals surface area contributed by atoms with Gasteiger partial charge in [-0.05, 0) is 32.3 Å². The van der Waals surface area contributed by atoms with Gasteiger partial charge in [-0.15, -0.1) is 0 Å². The van der Waals surface area contributed by atoms with Crippen LogP contribution in [-0.4, -0.2) is 46.8 Å². The first-order chi connectivity index (χ1) is 10.5. The van der Waals surface area contributed by atoms with E-state index in [1.54, 1.807) is 14.0 Å². The van der Waals surface area contributed by atoms with Crippen molar-refractivity contribution in [1.82, 2.24) is 20.2 Å². The Morgan fingerprint density at radius 2 is 2.18 bits per heavy atom. The molecule has 22 heavy (non-hydrogen) atoms. The molecule has 2 amide bonds. The van der Waals surface area contributed by atoms with E-state index in [-0.39, 0.29) is 17.7 Å². The zero-order valence-electron chi connectivity index (χ0n) is 13.6. The van der Waals surface area contributed by atoms with Gasteiger partial charge in [0.2, 0.25) is 11.8 Å². The largest absolute Gasteiger partial charge is 0.359 e. The van der Waals surface area contributed by atoms with Gasteiger partial charge in [0.25, 0.3) is 0 Å². The van der Waals surface area contributed by atoms with E-state index in [1.807, 2.05) is 17.9 Å². The van der Waals surface area contributed by atoms with Gasteiger partial charge in [0.1, 0.15) is 5.82 Å². The summed E-state index contributed by atoms with van der Waals surface area (Å²) in [5.74, 6) is 1.12. The van der Waals surface area contributed by atoms with Crippen molar-refractivity contribution in [2.24, 2.45) is 0 Å². The summed E-state index contributed by atoms with van der Waals surface area (Å²) in [6, 6.07) is 1.93. The van der Waals surface area contributed by atoms with E-state index < -0.39 is 0 Å². The number of rotatable bonds is 4. The molecule has 1 aliphatic rings. The van der Waals surface area contributed by atoms with Crippen molar-refractivity contribution in [1.29, 1.82) is 0 Å². The molecule has 1 N–H and O–H groups in total. The Balaban J connectivity index is 2.11. The van der Waals surface area contributed by atoms with Crippen LogP contribution in [0.15, 0.2) is 6.07 Å². The van der Waals surface area contributed by atoms with Gasteiger partial charge in [-0.3, -0.25) is 9.59 Å². The van der Waals surface area contributed by atoms with E-state index in [2.05, 4.69) is 15.3 Å². The van der Waals surface area contributed by atoms with Crippen LogP contribution >= 0.6 is 0 Å². The van der Waals surface area contributed by atoms with Crippen LogP contribution in [0.1, 0.15) is 49.3 Å². The molecule has 0 spiro atoms. The van der Waals surface area contributed by atoms with Crippen LogP contribution in [0.25, 0.3) is 0 Å². The van der Waals surface area contributed by atoms with Gasteiger partial charge in [0, 0.05) is 50.8 Å². The maximum absolute atomic E-state index is 11.6. The normalized spacial score (nSPS) is 18.1.